The molecule has 23 heavy (non-hydrogen) atoms. The highest BCUT2D eigenvalue weighted by atomic mass is 32.2. The predicted octanol–water partition coefficient (Wildman–Crippen LogP) is 0.233. The lowest BCUT2D eigenvalue weighted by atomic mass is 9.90. The molecule has 0 bridgehead atoms. The van der Waals surface area contributed by atoms with E-state index < -0.39 is 21.9 Å². The Bertz CT molecular complexity index is 746. The minimum atomic E-state index is -3.34. The molecule has 1 atom stereocenters. The highest BCUT2D eigenvalue weighted by Crippen LogP contribution is 2.28. The molecule has 1 aromatic carbocycles. The van der Waals surface area contributed by atoms with Gasteiger partial charge in [0, 0.05) is 19.6 Å². The van der Waals surface area contributed by atoms with Gasteiger partial charge in [0.05, 0.1) is 18.2 Å². The first kappa shape index (κ1) is 15.9. The van der Waals surface area contributed by atoms with Crippen LogP contribution in [0, 0.1) is 0 Å². The third kappa shape index (κ3) is 3.09. The summed E-state index contributed by atoms with van der Waals surface area (Å²) < 4.78 is 24.8. The lowest BCUT2D eigenvalue weighted by molar-refractivity contribution is -0.141. The number of carboxylic acids is 1. The second-order valence-electron chi connectivity index (χ2n) is 5.87. The zero-order valence-electron chi connectivity index (χ0n) is 12.5. The predicted molar refractivity (Wildman–Crippen MR) is 82.2 cm³/mol. The molecule has 2 aliphatic rings. The first-order valence-electron chi connectivity index (χ1n) is 7.45. The van der Waals surface area contributed by atoms with Gasteiger partial charge in [0.15, 0.2) is 0 Å². The molecule has 8 heteroatoms. The van der Waals surface area contributed by atoms with Crippen molar-refractivity contribution in [2.75, 3.05) is 25.4 Å². The van der Waals surface area contributed by atoms with Crippen LogP contribution in [-0.2, 0) is 26.2 Å². The van der Waals surface area contributed by atoms with E-state index in [4.69, 9.17) is 0 Å². The molecule has 0 saturated carbocycles. The van der Waals surface area contributed by atoms with Gasteiger partial charge in [-0.3, -0.25) is 9.59 Å². The Morgan fingerprint density at radius 1 is 1.26 bits per heavy atom. The molecule has 1 N–H and O–H groups in total. The molecule has 0 radical (unpaired) electrons. The summed E-state index contributed by atoms with van der Waals surface area (Å²) in [6.45, 7) is 0.517. The van der Waals surface area contributed by atoms with Crippen LogP contribution in [0.4, 0.5) is 0 Å². The highest BCUT2D eigenvalue weighted by Gasteiger charge is 2.35. The highest BCUT2D eigenvalue weighted by molar-refractivity contribution is 7.89. The van der Waals surface area contributed by atoms with E-state index in [1.165, 1.54) is 9.21 Å². The monoisotopic (exact) mass is 338 g/mol. The number of hydrogen-bond donors (Lipinski definition) is 1. The number of nitrogens with zero attached hydrogens (tertiary/aromatic N) is 2. The van der Waals surface area contributed by atoms with Crippen molar-refractivity contribution in [3.05, 3.63) is 35.4 Å². The Kier molecular flexibility index (Phi) is 4.11. The van der Waals surface area contributed by atoms with Gasteiger partial charge in [0.2, 0.25) is 15.9 Å². The molecule has 1 amide bonds. The van der Waals surface area contributed by atoms with Crippen LogP contribution in [0.25, 0.3) is 0 Å². The minimum absolute atomic E-state index is 0.0685. The van der Waals surface area contributed by atoms with Crippen LogP contribution in [0.3, 0.4) is 0 Å². The van der Waals surface area contributed by atoms with E-state index in [-0.39, 0.29) is 24.7 Å². The van der Waals surface area contributed by atoms with Crippen molar-refractivity contribution in [1.29, 1.82) is 0 Å². The summed E-state index contributed by atoms with van der Waals surface area (Å²) in [5, 5.41) is 9.41. The average Bonchev–Trinajstić information content (AvgIpc) is 2.84. The summed E-state index contributed by atoms with van der Waals surface area (Å²) in [4.78, 5) is 25.4. The van der Waals surface area contributed by atoms with Crippen LogP contribution in [0.5, 0.6) is 0 Å². The molecule has 1 fully saturated rings. The fourth-order valence-corrected chi connectivity index (χ4v) is 4.59. The summed E-state index contributed by atoms with van der Waals surface area (Å²) in [5.74, 6) is -2.04. The average molecular weight is 338 g/mol. The lowest BCUT2D eigenvalue weighted by Crippen LogP contribution is -2.45. The lowest BCUT2D eigenvalue weighted by Gasteiger charge is -2.33. The van der Waals surface area contributed by atoms with Gasteiger partial charge in [-0.05, 0) is 17.5 Å². The van der Waals surface area contributed by atoms with Gasteiger partial charge < -0.3 is 10.0 Å². The number of amides is 1. The van der Waals surface area contributed by atoms with Gasteiger partial charge >= 0.3 is 5.97 Å². The molecule has 0 aliphatic carbocycles. The topological polar surface area (TPSA) is 95.0 Å². The maximum atomic E-state index is 12.4. The third-order valence-electron chi connectivity index (χ3n) is 4.36. The molecule has 124 valence electrons. The zero-order chi connectivity index (χ0) is 16.6. The molecule has 1 saturated heterocycles. The Morgan fingerprint density at radius 3 is 2.65 bits per heavy atom. The number of carboxylic acid groups (broad SMARTS) is 1. The van der Waals surface area contributed by atoms with Gasteiger partial charge in [-0.1, -0.05) is 24.3 Å². The van der Waals surface area contributed by atoms with Gasteiger partial charge in [-0.25, -0.2) is 8.42 Å². The van der Waals surface area contributed by atoms with Crippen LogP contribution >= 0.6 is 0 Å². The van der Waals surface area contributed by atoms with Gasteiger partial charge in [-0.2, -0.15) is 4.31 Å². The molecule has 1 aromatic rings. The number of rotatable bonds is 3. The number of hydrogen-bond acceptors (Lipinski definition) is 4. The van der Waals surface area contributed by atoms with E-state index in [1.54, 1.807) is 24.3 Å². The first-order chi connectivity index (χ1) is 10.9. The zero-order valence-corrected chi connectivity index (χ0v) is 13.3. The van der Waals surface area contributed by atoms with Crippen molar-refractivity contribution >= 4 is 21.9 Å². The minimum Gasteiger partial charge on any atom is -0.481 e. The molecule has 0 spiro atoms. The van der Waals surface area contributed by atoms with Crippen molar-refractivity contribution in [3.63, 3.8) is 0 Å². The van der Waals surface area contributed by atoms with E-state index in [0.29, 0.717) is 19.5 Å². The quantitative estimate of drug-likeness (QED) is 0.851. The molecular formula is C15H18N2O5S. The number of carbonyl (C=O) groups is 2. The molecule has 2 aliphatic heterocycles. The van der Waals surface area contributed by atoms with Crippen LogP contribution in [0.15, 0.2) is 24.3 Å². The number of benzene rings is 1. The Hall–Kier alpha value is -1.93. The smallest absolute Gasteiger partial charge is 0.312 e. The van der Waals surface area contributed by atoms with Crippen molar-refractivity contribution in [1.82, 2.24) is 9.21 Å². The number of sulfonamides is 1. The van der Waals surface area contributed by atoms with Crippen LogP contribution < -0.4 is 0 Å². The second-order valence-corrected chi connectivity index (χ2v) is 7.96. The maximum Gasteiger partial charge on any atom is 0.312 e. The summed E-state index contributed by atoms with van der Waals surface area (Å²) in [5.41, 5.74) is 1.52. The fourth-order valence-electron chi connectivity index (χ4n) is 3.13. The Morgan fingerprint density at radius 2 is 2.00 bits per heavy atom. The summed E-state index contributed by atoms with van der Waals surface area (Å²) >= 11 is 0. The van der Waals surface area contributed by atoms with Gasteiger partial charge in [0.25, 0.3) is 0 Å². The standard InChI is InChI=1S/C15H18N2O5S/c18-14(10-17-6-3-7-23(17,21)22)16-8-11-4-1-2-5-12(11)13(9-16)15(19)20/h1-2,4-5,13H,3,6-10H2,(H,19,20)/t13-/m0/s1. The molecule has 2 heterocycles. The fraction of sp³-hybridized carbons (Fsp3) is 0.467. The summed E-state index contributed by atoms with van der Waals surface area (Å²) in [6, 6.07) is 7.15. The Labute approximate surface area is 134 Å². The van der Waals surface area contributed by atoms with Crippen molar-refractivity contribution in [3.8, 4) is 0 Å². The summed E-state index contributed by atoms with van der Waals surface area (Å²) in [7, 11) is -3.34. The summed E-state index contributed by atoms with van der Waals surface area (Å²) in [6.07, 6.45) is 0.524. The number of carbonyl (C=O) groups excluding carboxylic acids is 1. The number of aliphatic carboxylic acids is 1. The van der Waals surface area contributed by atoms with Crippen molar-refractivity contribution < 1.29 is 23.1 Å². The normalized spacial score (nSPS) is 23.5. The van der Waals surface area contributed by atoms with E-state index in [9.17, 15) is 23.1 Å². The van der Waals surface area contributed by atoms with E-state index >= 15 is 0 Å². The molecule has 0 aromatic heterocycles. The van der Waals surface area contributed by atoms with E-state index in [1.807, 2.05) is 0 Å². The Balaban J connectivity index is 1.79. The SMILES string of the molecule is O=C(O)[C@H]1CN(C(=O)CN2CCCS2(=O)=O)Cc2ccccc21. The first-order valence-corrected chi connectivity index (χ1v) is 9.05. The van der Waals surface area contributed by atoms with Crippen molar-refractivity contribution in [2.24, 2.45) is 0 Å². The number of fused-ring (bicyclic) bond motifs is 1. The maximum absolute atomic E-state index is 12.4. The van der Waals surface area contributed by atoms with Gasteiger partial charge in [0.1, 0.15) is 0 Å². The third-order valence-corrected chi connectivity index (χ3v) is 6.26. The van der Waals surface area contributed by atoms with E-state index in [0.717, 1.165) is 11.1 Å². The largest absolute Gasteiger partial charge is 0.481 e. The molecular weight excluding hydrogens is 320 g/mol. The second kappa shape index (κ2) is 5.93. The van der Waals surface area contributed by atoms with E-state index in [2.05, 4.69) is 0 Å². The van der Waals surface area contributed by atoms with Crippen LogP contribution in [0.2, 0.25) is 0 Å². The van der Waals surface area contributed by atoms with Crippen LogP contribution in [-0.4, -0.2) is 60.0 Å². The van der Waals surface area contributed by atoms with Gasteiger partial charge in [-0.15, -0.1) is 0 Å². The molecule has 7 nitrogen and oxygen atoms in total. The van der Waals surface area contributed by atoms with Crippen molar-refractivity contribution in [2.45, 2.75) is 18.9 Å². The molecule has 0 unspecified atom stereocenters. The van der Waals surface area contributed by atoms with Crippen LogP contribution in [0.1, 0.15) is 23.5 Å². The molecule has 3 rings (SSSR count).